The Morgan fingerprint density at radius 2 is 2.25 bits per heavy atom. The van der Waals surface area contributed by atoms with Gasteiger partial charge >= 0.3 is 0 Å². The van der Waals surface area contributed by atoms with Crippen molar-refractivity contribution in [2.45, 2.75) is 27.0 Å². The molecule has 0 spiro atoms. The summed E-state index contributed by atoms with van der Waals surface area (Å²) in [4.78, 5) is 4.22. The van der Waals surface area contributed by atoms with E-state index in [2.05, 4.69) is 24.1 Å². The Kier molecular flexibility index (Phi) is 5.83. The van der Waals surface area contributed by atoms with Crippen molar-refractivity contribution in [3.63, 3.8) is 0 Å². The minimum Gasteiger partial charge on any atom is -0.487 e. The van der Waals surface area contributed by atoms with Gasteiger partial charge in [0.1, 0.15) is 12.4 Å². The number of ether oxygens (including phenoxy) is 1. The molecule has 2 aromatic rings. The van der Waals surface area contributed by atoms with E-state index in [0.717, 1.165) is 35.1 Å². The van der Waals surface area contributed by atoms with Crippen molar-refractivity contribution >= 4 is 22.9 Å². The lowest BCUT2D eigenvalue weighted by Gasteiger charge is -2.13. The highest BCUT2D eigenvalue weighted by molar-refractivity contribution is 7.07. The fraction of sp³-hybridized carbons (Fsp3) is 0.400. The van der Waals surface area contributed by atoms with Crippen molar-refractivity contribution in [1.82, 2.24) is 10.3 Å². The maximum absolute atomic E-state index is 6.06. The summed E-state index contributed by atoms with van der Waals surface area (Å²) in [5.41, 5.74) is 3.84. The third-order valence-electron chi connectivity index (χ3n) is 2.75. The van der Waals surface area contributed by atoms with E-state index in [-0.39, 0.29) is 0 Å². The monoisotopic (exact) mass is 310 g/mol. The van der Waals surface area contributed by atoms with Crippen molar-refractivity contribution in [2.24, 2.45) is 5.92 Å². The van der Waals surface area contributed by atoms with E-state index in [1.807, 2.05) is 29.1 Å². The normalized spacial score (nSPS) is 11.0. The molecule has 1 heterocycles. The minimum absolute atomic E-state index is 0.488. The highest BCUT2D eigenvalue weighted by Crippen LogP contribution is 2.24. The predicted molar refractivity (Wildman–Crippen MR) is 84.4 cm³/mol. The van der Waals surface area contributed by atoms with Crippen LogP contribution in [0.5, 0.6) is 5.75 Å². The van der Waals surface area contributed by atoms with Gasteiger partial charge in [0.2, 0.25) is 0 Å². The van der Waals surface area contributed by atoms with Crippen LogP contribution in [0.25, 0.3) is 0 Å². The number of benzene rings is 1. The van der Waals surface area contributed by atoms with Gasteiger partial charge in [-0.1, -0.05) is 25.4 Å². The van der Waals surface area contributed by atoms with E-state index in [1.165, 1.54) is 0 Å². The van der Waals surface area contributed by atoms with E-state index < -0.39 is 0 Å². The molecule has 108 valence electrons. The highest BCUT2D eigenvalue weighted by Gasteiger charge is 2.06. The van der Waals surface area contributed by atoms with Crippen LogP contribution in [0.2, 0.25) is 5.02 Å². The Bertz CT molecular complexity index is 529. The fourth-order valence-corrected chi connectivity index (χ4v) is 2.52. The largest absolute Gasteiger partial charge is 0.487 e. The lowest BCUT2D eigenvalue weighted by molar-refractivity contribution is 0.298. The number of nitrogens with zero attached hydrogens (tertiary/aromatic N) is 1. The van der Waals surface area contributed by atoms with Crippen molar-refractivity contribution in [3.8, 4) is 5.75 Å². The van der Waals surface area contributed by atoms with Crippen LogP contribution in [0.4, 0.5) is 0 Å². The van der Waals surface area contributed by atoms with Crippen LogP contribution in [0.15, 0.2) is 29.1 Å². The molecule has 2 rings (SSSR count). The first-order chi connectivity index (χ1) is 9.65. The van der Waals surface area contributed by atoms with Crippen molar-refractivity contribution in [3.05, 3.63) is 45.4 Å². The molecule has 0 saturated carbocycles. The Labute approximate surface area is 129 Å². The number of halogens is 1. The van der Waals surface area contributed by atoms with Gasteiger partial charge in [-0.25, -0.2) is 4.98 Å². The summed E-state index contributed by atoms with van der Waals surface area (Å²) in [7, 11) is 0. The minimum atomic E-state index is 0.488. The van der Waals surface area contributed by atoms with Gasteiger partial charge in [-0.3, -0.25) is 0 Å². The first-order valence-electron chi connectivity index (χ1n) is 6.64. The Balaban J connectivity index is 1.99. The zero-order valence-electron chi connectivity index (χ0n) is 11.7. The van der Waals surface area contributed by atoms with E-state index in [0.29, 0.717) is 12.5 Å². The molecule has 1 N–H and O–H groups in total. The van der Waals surface area contributed by atoms with Gasteiger partial charge in [0.25, 0.3) is 0 Å². The van der Waals surface area contributed by atoms with Crippen molar-refractivity contribution < 1.29 is 4.74 Å². The highest BCUT2D eigenvalue weighted by atomic mass is 35.5. The fourth-order valence-electron chi connectivity index (χ4n) is 1.78. The first-order valence-corrected chi connectivity index (χ1v) is 7.96. The molecule has 5 heteroatoms. The number of nitrogens with one attached hydrogen (secondary N) is 1. The molecule has 3 nitrogen and oxygen atoms in total. The molecule has 0 aliphatic carbocycles. The van der Waals surface area contributed by atoms with Crippen molar-refractivity contribution in [1.29, 1.82) is 0 Å². The quantitative estimate of drug-likeness (QED) is 0.835. The molecule has 0 atom stereocenters. The lowest BCUT2D eigenvalue weighted by Crippen LogP contribution is -2.19. The van der Waals surface area contributed by atoms with Crippen LogP contribution in [0, 0.1) is 5.92 Å². The van der Waals surface area contributed by atoms with Gasteiger partial charge in [-0.05, 0) is 30.7 Å². The molecule has 0 saturated heterocycles. The zero-order chi connectivity index (χ0) is 14.4. The standard InChI is InChI=1S/C15H19ClN2OS/c1-11(2)6-17-7-12-5-13(16)3-4-15(12)19-8-14-9-20-10-18-14/h3-5,9-11,17H,6-8H2,1-2H3. The van der Waals surface area contributed by atoms with Crippen LogP contribution in [0.3, 0.4) is 0 Å². The van der Waals surface area contributed by atoms with Crippen LogP contribution in [-0.4, -0.2) is 11.5 Å². The maximum atomic E-state index is 6.06. The summed E-state index contributed by atoms with van der Waals surface area (Å²) in [6.07, 6.45) is 0. The average Bonchev–Trinajstić information content (AvgIpc) is 2.90. The molecule has 20 heavy (non-hydrogen) atoms. The SMILES string of the molecule is CC(C)CNCc1cc(Cl)ccc1OCc1cscn1. The Morgan fingerprint density at radius 1 is 1.40 bits per heavy atom. The van der Waals surface area contributed by atoms with E-state index in [9.17, 15) is 0 Å². The molecule has 0 bridgehead atoms. The van der Waals surface area contributed by atoms with Crippen LogP contribution < -0.4 is 10.1 Å². The Hall–Kier alpha value is -1.10. The third-order valence-corrected chi connectivity index (χ3v) is 3.62. The summed E-state index contributed by atoms with van der Waals surface area (Å²) in [6.45, 7) is 6.58. The number of aromatic nitrogens is 1. The molecular weight excluding hydrogens is 292 g/mol. The number of hydrogen-bond acceptors (Lipinski definition) is 4. The smallest absolute Gasteiger partial charge is 0.131 e. The second kappa shape index (κ2) is 7.62. The van der Waals surface area contributed by atoms with Gasteiger partial charge in [-0.2, -0.15) is 0 Å². The predicted octanol–water partition coefficient (Wildman–Crippen LogP) is 4.12. The topological polar surface area (TPSA) is 34.1 Å². The van der Waals surface area contributed by atoms with Crippen molar-refractivity contribution in [2.75, 3.05) is 6.54 Å². The van der Waals surface area contributed by atoms with Gasteiger partial charge in [0, 0.05) is 22.5 Å². The second-order valence-corrected chi connectivity index (χ2v) is 6.20. The number of rotatable bonds is 7. The van der Waals surface area contributed by atoms with E-state index in [4.69, 9.17) is 16.3 Å². The summed E-state index contributed by atoms with van der Waals surface area (Å²) >= 11 is 7.64. The molecule has 1 aromatic heterocycles. The molecule has 0 aliphatic rings. The van der Waals surface area contributed by atoms with Crippen LogP contribution >= 0.6 is 22.9 Å². The summed E-state index contributed by atoms with van der Waals surface area (Å²) in [5, 5.41) is 6.13. The summed E-state index contributed by atoms with van der Waals surface area (Å²) in [6, 6.07) is 5.72. The summed E-state index contributed by atoms with van der Waals surface area (Å²) in [5.74, 6) is 1.48. The maximum Gasteiger partial charge on any atom is 0.131 e. The van der Waals surface area contributed by atoms with E-state index in [1.54, 1.807) is 11.3 Å². The average molecular weight is 311 g/mol. The summed E-state index contributed by atoms with van der Waals surface area (Å²) < 4.78 is 5.84. The molecule has 0 fully saturated rings. The zero-order valence-corrected chi connectivity index (χ0v) is 13.3. The van der Waals surface area contributed by atoms with Gasteiger partial charge in [0.15, 0.2) is 0 Å². The number of hydrogen-bond donors (Lipinski definition) is 1. The molecule has 0 unspecified atom stereocenters. The molecule has 1 aromatic carbocycles. The lowest BCUT2D eigenvalue weighted by atomic mass is 10.2. The third kappa shape index (κ3) is 4.78. The van der Waals surface area contributed by atoms with Gasteiger partial charge in [-0.15, -0.1) is 11.3 Å². The second-order valence-electron chi connectivity index (χ2n) is 5.05. The van der Waals surface area contributed by atoms with E-state index >= 15 is 0 Å². The Morgan fingerprint density at radius 3 is 2.95 bits per heavy atom. The van der Waals surface area contributed by atoms with Crippen LogP contribution in [0.1, 0.15) is 25.1 Å². The molecular formula is C15H19ClN2OS. The number of thiazole rings is 1. The molecule has 0 amide bonds. The van der Waals surface area contributed by atoms with Gasteiger partial charge < -0.3 is 10.1 Å². The van der Waals surface area contributed by atoms with Gasteiger partial charge in [0.05, 0.1) is 11.2 Å². The molecule has 0 aliphatic heterocycles. The van der Waals surface area contributed by atoms with Crippen LogP contribution in [-0.2, 0) is 13.2 Å². The molecule has 0 radical (unpaired) electrons. The first kappa shape index (κ1) is 15.3.